The predicted molar refractivity (Wildman–Crippen MR) is 55.6 cm³/mol. The van der Waals surface area contributed by atoms with Gasteiger partial charge in [-0.3, -0.25) is 9.88 Å². The minimum atomic E-state index is 0.584. The zero-order chi connectivity index (χ0) is 9.84. The van der Waals surface area contributed by atoms with E-state index in [1.807, 2.05) is 12.4 Å². The third-order valence-corrected chi connectivity index (χ3v) is 2.25. The van der Waals surface area contributed by atoms with Crippen molar-refractivity contribution in [2.24, 2.45) is 0 Å². The van der Waals surface area contributed by atoms with Gasteiger partial charge in [-0.2, -0.15) is 0 Å². The van der Waals surface area contributed by atoms with Gasteiger partial charge in [-0.15, -0.1) is 0 Å². The Hall–Kier alpha value is -0.890. The lowest BCUT2D eigenvalue weighted by Crippen LogP contribution is -2.25. The molecule has 0 bridgehead atoms. The van der Waals surface area contributed by atoms with E-state index in [0.29, 0.717) is 6.04 Å². The first kappa shape index (κ1) is 10.2. The Bertz CT molecular complexity index is 269. The molecule has 0 saturated carbocycles. The van der Waals surface area contributed by atoms with Gasteiger partial charge in [0.05, 0.1) is 0 Å². The molecular formula is C11H18N2. The van der Waals surface area contributed by atoms with E-state index in [2.05, 4.69) is 43.8 Å². The molecule has 0 aliphatic rings. The number of aromatic nitrogens is 1. The van der Waals surface area contributed by atoms with Crippen LogP contribution in [0.2, 0.25) is 0 Å². The minimum absolute atomic E-state index is 0.584. The van der Waals surface area contributed by atoms with Gasteiger partial charge in [0, 0.05) is 25.0 Å². The van der Waals surface area contributed by atoms with Crippen LogP contribution in [-0.4, -0.2) is 23.0 Å². The van der Waals surface area contributed by atoms with E-state index in [4.69, 9.17) is 0 Å². The largest absolute Gasteiger partial charge is 0.300 e. The number of pyridine rings is 1. The van der Waals surface area contributed by atoms with Crippen molar-refractivity contribution in [3.05, 3.63) is 29.6 Å². The van der Waals surface area contributed by atoms with Crippen LogP contribution in [0.5, 0.6) is 0 Å². The zero-order valence-electron chi connectivity index (χ0n) is 8.91. The van der Waals surface area contributed by atoms with Gasteiger partial charge in [0.2, 0.25) is 0 Å². The highest BCUT2D eigenvalue weighted by atomic mass is 15.1. The second-order valence-electron chi connectivity index (χ2n) is 3.88. The van der Waals surface area contributed by atoms with Gasteiger partial charge in [0.1, 0.15) is 0 Å². The number of hydrogen-bond donors (Lipinski definition) is 0. The van der Waals surface area contributed by atoms with Gasteiger partial charge < -0.3 is 0 Å². The third-order valence-electron chi connectivity index (χ3n) is 2.25. The summed E-state index contributed by atoms with van der Waals surface area (Å²) in [5, 5.41) is 0. The lowest BCUT2D eigenvalue weighted by Gasteiger charge is -2.20. The molecule has 0 fully saturated rings. The summed E-state index contributed by atoms with van der Waals surface area (Å²) in [5.74, 6) is 0. The molecule has 0 N–H and O–H groups in total. The summed E-state index contributed by atoms with van der Waals surface area (Å²) in [6, 6.07) is 2.77. The predicted octanol–water partition coefficient (Wildman–Crippen LogP) is 2.23. The summed E-state index contributed by atoms with van der Waals surface area (Å²) in [6.45, 7) is 7.45. The molecule has 0 radical (unpaired) electrons. The van der Waals surface area contributed by atoms with Crippen molar-refractivity contribution in [3.63, 3.8) is 0 Å². The molecule has 1 heterocycles. The number of aryl methyl sites for hydroxylation is 1. The zero-order valence-corrected chi connectivity index (χ0v) is 8.91. The first-order chi connectivity index (χ1) is 6.09. The maximum absolute atomic E-state index is 4.17. The highest BCUT2D eigenvalue weighted by molar-refractivity contribution is 5.16. The first-order valence-corrected chi connectivity index (χ1v) is 4.70. The standard InChI is InChI=1S/C11H18N2/c1-9(2)13(4)8-11-5-10(3)6-12-7-11/h5-7,9H,8H2,1-4H3. The topological polar surface area (TPSA) is 16.1 Å². The van der Waals surface area contributed by atoms with Crippen molar-refractivity contribution in [1.82, 2.24) is 9.88 Å². The molecule has 0 unspecified atom stereocenters. The maximum atomic E-state index is 4.17. The molecule has 13 heavy (non-hydrogen) atoms. The molecule has 0 aliphatic heterocycles. The highest BCUT2D eigenvalue weighted by Crippen LogP contribution is 2.06. The second kappa shape index (κ2) is 4.38. The fourth-order valence-electron chi connectivity index (χ4n) is 1.17. The van der Waals surface area contributed by atoms with E-state index in [-0.39, 0.29) is 0 Å². The molecule has 0 aliphatic carbocycles. The van der Waals surface area contributed by atoms with Crippen LogP contribution in [0.4, 0.5) is 0 Å². The normalized spacial score (nSPS) is 11.2. The molecule has 0 atom stereocenters. The average Bonchev–Trinajstić information content (AvgIpc) is 2.04. The Morgan fingerprint density at radius 3 is 2.62 bits per heavy atom. The fourth-order valence-corrected chi connectivity index (χ4v) is 1.17. The van der Waals surface area contributed by atoms with E-state index < -0.39 is 0 Å². The van der Waals surface area contributed by atoms with Crippen molar-refractivity contribution < 1.29 is 0 Å². The third kappa shape index (κ3) is 3.15. The molecule has 2 nitrogen and oxygen atoms in total. The van der Waals surface area contributed by atoms with E-state index in [9.17, 15) is 0 Å². The van der Waals surface area contributed by atoms with Crippen LogP contribution < -0.4 is 0 Å². The van der Waals surface area contributed by atoms with Crippen LogP contribution in [0, 0.1) is 6.92 Å². The lowest BCUT2D eigenvalue weighted by molar-refractivity contribution is 0.265. The van der Waals surface area contributed by atoms with Crippen LogP contribution in [0.3, 0.4) is 0 Å². The van der Waals surface area contributed by atoms with Crippen molar-refractivity contribution in [1.29, 1.82) is 0 Å². The molecule has 1 rings (SSSR count). The first-order valence-electron chi connectivity index (χ1n) is 4.70. The van der Waals surface area contributed by atoms with Gasteiger partial charge in [-0.1, -0.05) is 6.07 Å². The molecule has 72 valence electrons. The van der Waals surface area contributed by atoms with Gasteiger partial charge in [0.25, 0.3) is 0 Å². The smallest absolute Gasteiger partial charge is 0.0313 e. The summed E-state index contributed by atoms with van der Waals surface area (Å²) in [7, 11) is 2.13. The Kier molecular flexibility index (Phi) is 3.43. The highest BCUT2D eigenvalue weighted by Gasteiger charge is 2.03. The molecule has 1 aromatic heterocycles. The number of rotatable bonds is 3. The molecular weight excluding hydrogens is 160 g/mol. The van der Waals surface area contributed by atoms with Gasteiger partial charge in [0.15, 0.2) is 0 Å². The van der Waals surface area contributed by atoms with Crippen LogP contribution in [0.1, 0.15) is 25.0 Å². The molecule has 0 saturated heterocycles. The monoisotopic (exact) mass is 178 g/mol. The Labute approximate surface area is 80.6 Å². The maximum Gasteiger partial charge on any atom is 0.0313 e. The summed E-state index contributed by atoms with van der Waals surface area (Å²) in [4.78, 5) is 6.47. The molecule has 0 aromatic carbocycles. The summed E-state index contributed by atoms with van der Waals surface area (Å²) in [6.07, 6.45) is 3.82. The van der Waals surface area contributed by atoms with Crippen LogP contribution in [-0.2, 0) is 6.54 Å². The lowest BCUT2D eigenvalue weighted by atomic mass is 10.2. The Morgan fingerprint density at radius 1 is 1.38 bits per heavy atom. The van der Waals surface area contributed by atoms with Crippen LogP contribution in [0.25, 0.3) is 0 Å². The fraction of sp³-hybridized carbons (Fsp3) is 0.545. The average molecular weight is 178 g/mol. The Balaban J connectivity index is 2.64. The van der Waals surface area contributed by atoms with E-state index >= 15 is 0 Å². The quantitative estimate of drug-likeness (QED) is 0.705. The Morgan fingerprint density at radius 2 is 2.08 bits per heavy atom. The van der Waals surface area contributed by atoms with Crippen molar-refractivity contribution in [2.45, 2.75) is 33.4 Å². The van der Waals surface area contributed by atoms with Gasteiger partial charge >= 0.3 is 0 Å². The van der Waals surface area contributed by atoms with E-state index in [1.54, 1.807) is 0 Å². The van der Waals surface area contributed by atoms with Crippen LogP contribution in [0.15, 0.2) is 18.5 Å². The molecule has 0 amide bonds. The van der Waals surface area contributed by atoms with Crippen molar-refractivity contribution in [3.8, 4) is 0 Å². The SMILES string of the molecule is Cc1cncc(CN(C)C(C)C)c1. The van der Waals surface area contributed by atoms with Crippen molar-refractivity contribution in [2.75, 3.05) is 7.05 Å². The summed E-state index contributed by atoms with van der Waals surface area (Å²) >= 11 is 0. The number of hydrogen-bond acceptors (Lipinski definition) is 2. The van der Waals surface area contributed by atoms with Crippen molar-refractivity contribution >= 4 is 0 Å². The van der Waals surface area contributed by atoms with E-state index in [1.165, 1.54) is 11.1 Å². The summed E-state index contributed by atoms with van der Waals surface area (Å²) < 4.78 is 0. The van der Waals surface area contributed by atoms with Gasteiger partial charge in [-0.05, 0) is 38.9 Å². The van der Waals surface area contributed by atoms with Crippen LogP contribution >= 0.6 is 0 Å². The molecule has 1 aromatic rings. The molecule has 2 heteroatoms. The second-order valence-corrected chi connectivity index (χ2v) is 3.88. The van der Waals surface area contributed by atoms with Gasteiger partial charge in [-0.25, -0.2) is 0 Å². The molecule has 0 spiro atoms. The summed E-state index contributed by atoms with van der Waals surface area (Å²) in [5.41, 5.74) is 2.52. The minimum Gasteiger partial charge on any atom is -0.300 e. The number of nitrogens with zero attached hydrogens (tertiary/aromatic N) is 2. The van der Waals surface area contributed by atoms with E-state index in [0.717, 1.165) is 6.54 Å².